The van der Waals surface area contributed by atoms with Gasteiger partial charge in [0, 0.05) is 45.1 Å². The Morgan fingerprint density at radius 1 is 0.828 bits per heavy atom. The van der Waals surface area contributed by atoms with Crippen LogP contribution in [0.4, 0.5) is 0 Å². The van der Waals surface area contributed by atoms with Crippen LogP contribution in [0.3, 0.4) is 0 Å². The van der Waals surface area contributed by atoms with Gasteiger partial charge in [-0.15, -0.1) is 0 Å². The first-order valence-corrected chi connectivity index (χ1v) is 11.8. The zero-order chi connectivity index (χ0) is 20.1. The molecule has 2 heterocycles. The van der Waals surface area contributed by atoms with Crippen molar-refractivity contribution < 1.29 is 8.42 Å². The van der Waals surface area contributed by atoms with Crippen LogP contribution in [0.15, 0.2) is 65.8 Å². The van der Waals surface area contributed by atoms with E-state index in [-0.39, 0.29) is 0 Å². The molecule has 154 valence electrons. The summed E-state index contributed by atoms with van der Waals surface area (Å²) in [6, 6.07) is 15.2. The Morgan fingerprint density at radius 3 is 2.34 bits per heavy atom. The number of piperazine rings is 1. The fraction of sp³-hybridized carbons (Fsp3) is 0.409. The summed E-state index contributed by atoms with van der Waals surface area (Å²) in [4.78, 5) is 2.77. The van der Waals surface area contributed by atoms with Gasteiger partial charge < -0.3 is 4.90 Å². The Bertz CT molecular complexity index is 1030. The maximum atomic E-state index is 13.0. The third-order valence-electron chi connectivity index (χ3n) is 5.61. The summed E-state index contributed by atoms with van der Waals surface area (Å²) in [7, 11) is -3.43. The normalized spacial score (nSPS) is 16.4. The fourth-order valence-corrected chi connectivity index (χ4v) is 5.35. The summed E-state index contributed by atoms with van der Waals surface area (Å²) in [5.74, 6) is 0. The van der Waals surface area contributed by atoms with Crippen molar-refractivity contribution in [2.24, 2.45) is 0 Å². The van der Waals surface area contributed by atoms with E-state index < -0.39 is 10.0 Å². The van der Waals surface area contributed by atoms with Crippen molar-refractivity contribution in [2.45, 2.75) is 30.7 Å². The Balaban J connectivity index is 1.25. The quantitative estimate of drug-likeness (QED) is 0.533. The lowest BCUT2D eigenvalue weighted by Gasteiger charge is -2.34. The van der Waals surface area contributed by atoms with E-state index in [0.29, 0.717) is 18.0 Å². The molecule has 0 spiro atoms. The topological polar surface area (TPSA) is 58.4 Å². The Labute approximate surface area is 172 Å². The molecular formula is C22H28N4O2S. The van der Waals surface area contributed by atoms with E-state index in [1.807, 2.05) is 53.5 Å². The minimum Gasteiger partial charge on any atom is -0.301 e. The van der Waals surface area contributed by atoms with Gasteiger partial charge in [-0.2, -0.15) is 9.40 Å². The van der Waals surface area contributed by atoms with E-state index in [1.165, 1.54) is 0 Å². The average Bonchev–Trinajstić information content (AvgIpc) is 3.27. The molecule has 1 saturated heterocycles. The second kappa shape index (κ2) is 9.07. The third-order valence-corrected chi connectivity index (χ3v) is 7.51. The van der Waals surface area contributed by atoms with Gasteiger partial charge in [-0.05, 0) is 48.4 Å². The first-order valence-electron chi connectivity index (χ1n) is 10.3. The maximum Gasteiger partial charge on any atom is 0.243 e. The predicted octanol–water partition coefficient (Wildman–Crippen LogP) is 3.21. The molecule has 0 bridgehead atoms. The smallest absolute Gasteiger partial charge is 0.243 e. The molecule has 3 aromatic rings. The van der Waals surface area contributed by atoms with E-state index in [0.717, 1.165) is 56.2 Å². The van der Waals surface area contributed by atoms with Gasteiger partial charge in [-0.25, -0.2) is 8.42 Å². The molecule has 7 heteroatoms. The van der Waals surface area contributed by atoms with Crippen molar-refractivity contribution in [3.63, 3.8) is 0 Å². The number of aromatic nitrogens is 2. The minimum atomic E-state index is -3.43. The van der Waals surface area contributed by atoms with Crippen molar-refractivity contribution in [2.75, 3.05) is 32.7 Å². The lowest BCUT2D eigenvalue weighted by molar-refractivity contribution is 0.185. The van der Waals surface area contributed by atoms with Crippen molar-refractivity contribution in [3.05, 3.63) is 60.9 Å². The number of nitrogens with zero attached hydrogens (tertiary/aromatic N) is 4. The predicted molar refractivity (Wildman–Crippen MR) is 115 cm³/mol. The van der Waals surface area contributed by atoms with E-state index in [2.05, 4.69) is 10.00 Å². The molecule has 0 atom stereocenters. The molecule has 2 aromatic carbocycles. The number of hydrogen-bond acceptors (Lipinski definition) is 4. The van der Waals surface area contributed by atoms with Crippen LogP contribution in [0.5, 0.6) is 0 Å². The zero-order valence-corrected chi connectivity index (χ0v) is 17.5. The summed E-state index contributed by atoms with van der Waals surface area (Å²) in [5.41, 5.74) is 0. The summed E-state index contributed by atoms with van der Waals surface area (Å²) in [6.45, 7) is 4.70. The van der Waals surface area contributed by atoms with Gasteiger partial charge in [0.2, 0.25) is 10.0 Å². The number of sulfonamides is 1. The van der Waals surface area contributed by atoms with Gasteiger partial charge in [0.15, 0.2) is 0 Å². The highest BCUT2D eigenvalue weighted by molar-refractivity contribution is 7.89. The number of aryl methyl sites for hydroxylation is 1. The molecule has 0 unspecified atom stereocenters. The summed E-state index contributed by atoms with van der Waals surface area (Å²) >= 11 is 0. The van der Waals surface area contributed by atoms with Crippen LogP contribution in [0.2, 0.25) is 0 Å². The minimum absolute atomic E-state index is 0.392. The Hall–Kier alpha value is -2.22. The molecule has 0 aliphatic carbocycles. The molecule has 0 saturated carbocycles. The van der Waals surface area contributed by atoms with Crippen LogP contribution in [0, 0.1) is 0 Å². The number of rotatable bonds is 8. The standard InChI is InChI=1S/C22H28N4O2S/c27-29(28,22-10-9-20-7-2-3-8-21(20)19-22)26-17-15-24(16-18-26)12-4-1-5-13-25-14-6-11-23-25/h2-3,6-11,14,19H,1,4-5,12-13,15-18H2. The van der Waals surface area contributed by atoms with Crippen LogP contribution in [-0.4, -0.2) is 60.1 Å². The monoisotopic (exact) mass is 412 g/mol. The van der Waals surface area contributed by atoms with Crippen molar-refractivity contribution in [1.29, 1.82) is 0 Å². The van der Waals surface area contributed by atoms with Gasteiger partial charge in [0.05, 0.1) is 4.90 Å². The molecule has 0 radical (unpaired) electrons. The molecule has 0 N–H and O–H groups in total. The summed E-state index contributed by atoms with van der Waals surface area (Å²) in [6.07, 6.45) is 7.23. The summed E-state index contributed by atoms with van der Waals surface area (Å²) < 4.78 is 29.7. The zero-order valence-electron chi connectivity index (χ0n) is 16.7. The van der Waals surface area contributed by atoms with E-state index in [9.17, 15) is 8.42 Å². The van der Waals surface area contributed by atoms with Crippen molar-refractivity contribution in [3.8, 4) is 0 Å². The molecule has 1 aliphatic rings. The highest BCUT2D eigenvalue weighted by atomic mass is 32.2. The lowest BCUT2D eigenvalue weighted by atomic mass is 10.1. The molecule has 4 rings (SSSR count). The van der Waals surface area contributed by atoms with Crippen LogP contribution >= 0.6 is 0 Å². The largest absolute Gasteiger partial charge is 0.301 e. The SMILES string of the molecule is O=S(=O)(c1ccc2ccccc2c1)N1CCN(CCCCCn2cccn2)CC1. The van der Waals surface area contributed by atoms with E-state index >= 15 is 0 Å². The first-order chi connectivity index (χ1) is 14.1. The maximum absolute atomic E-state index is 13.0. The molecule has 1 aliphatic heterocycles. The van der Waals surface area contributed by atoms with Crippen LogP contribution < -0.4 is 0 Å². The first kappa shape index (κ1) is 20.1. The fourth-order valence-electron chi connectivity index (χ4n) is 3.89. The van der Waals surface area contributed by atoms with Crippen LogP contribution in [0.1, 0.15) is 19.3 Å². The van der Waals surface area contributed by atoms with Gasteiger partial charge in [0.25, 0.3) is 0 Å². The average molecular weight is 413 g/mol. The second-order valence-corrected chi connectivity index (χ2v) is 9.52. The second-order valence-electron chi connectivity index (χ2n) is 7.58. The number of benzene rings is 2. The molecular weight excluding hydrogens is 384 g/mol. The Kier molecular flexibility index (Phi) is 6.28. The third kappa shape index (κ3) is 4.86. The molecule has 29 heavy (non-hydrogen) atoms. The van der Waals surface area contributed by atoms with E-state index in [1.54, 1.807) is 16.4 Å². The van der Waals surface area contributed by atoms with E-state index in [4.69, 9.17) is 0 Å². The molecule has 1 aromatic heterocycles. The van der Waals surface area contributed by atoms with Gasteiger partial charge in [0.1, 0.15) is 0 Å². The van der Waals surface area contributed by atoms with Gasteiger partial charge in [-0.1, -0.05) is 36.8 Å². The van der Waals surface area contributed by atoms with Crippen LogP contribution in [0.25, 0.3) is 10.8 Å². The van der Waals surface area contributed by atoms with Gasteiger partial charge in [-0.3, -0.25) is 4.68 Å². The molecule has 1 fully saturated rings. The molecule has 6 nitrogen and oxygen atoms in total. The summed E-state index contributed by atoms with van der Waals surface area (Å²) in [5, 5.41) is 6.24. The highest BCUT2D eigenvalue weighted by Crippen LogP contribution is 2.23. The Morgan fingerprint density at radius 2 is 1.59 bits per heavy atom. The number of fused-ring (bicyclic) bond motifs is 1. The lowest BCUT2D eigenvalue weighted by Crippen LogP contribution is -2.48. The highest BCUT2D eigenvalue weighted by Gasteiger charge is 2.28. The number of hydrogen-bond donors (Lipinski definition) is 0. The number of unbranched alkanes of at least 4 members (excludes halogenated alkanes) is 2. The van der Waals surface area contributed by atoms with Crippen molar-refractivity contribution in [1.82, 2.24) is 19.0 Å². The van der Waals surface area contributed by atoms with Crippen molar-refractivity contribution >= 4 is 20.8 Å². The van der Waals surface area contributed by atoms with Gasteiger partial charge >= 0.3 is 0 Å². The van der Waals surface area contributed by atoms with Crippen LogP contribution in [-0.2, 0) is 16.6 Å². The molecule has 0 amide bonds.